The fraction of sp³-hybridized carbons (Fsp3) is 0.357. The van der Waals surface area contributed by atoms with E-state index in [1.54, 1.807) is 24.3 Å². The van der Waals surface area contributed by atoms with Crippen LogP contribution in [0.2, 0.25) is 10.0 Å². The topological polar surface area (TPSA) is 17.1 Å². The second-order valence-electron chi connectivity index (χ2n) is 4.33. The van der Waals surface area contributed by atoms with Gasteiger partial charge in [-0.1, -0.05) is 41.3 Å². The van der Waals surface area contributed by atoms with Gasteiger partial charge in [-0.05, 0) is 43.9 Å². The maximum absolute atomic E-state index is 12.1. The van der Waals surface area contributed by atoms with Crippen LogP contribution in [0.4, 0.5) is 0 Å². The van der Waals surface area contributed by atoms with E-state index >= 15 is 0 Å². The van der Waals surface area contributed by atoms with E-state index in [0.29, 0.717) is 15.6 Å². The fourth-order valence-corrected chi connectivity index (χ4v) is 2.50. The third-order valence-corrected chi connectivity index (χ3v) is 3.87. The number of hydrogen-bond acceptors (Lipinski definition) is 1. The molecule has 1 saturated carbocycles. The highest BCUT2D eigenvalue weighted by atomic mass is 35.5. The molecule has 2 rings (SSSR count). The molecule has 0 aromatic heterocycles. The minimum atomic E-state index is -0.0330. The van der Waals surface area contributed by atoms with E-state index in [1.165, 1.54) is 24.8 Å². The third kappa shape index (κ3) is 3.11. The molecule has 1 aromatic carbocycles. The largest absolute Gasteiger partial charge is 0.289 e. The van der Waals surface area contributed by atoms with Gasteiger partial charge in [0.05, 0.1) is 10.0 Å². The molecule has 1 aliphatic rings. The monoisotopic (exact) mass is 268 g/mol. The molecular weight excluding hydrogens is 255 g/mol. The highest BCUT2D eigenvalue weighted by Crippen LogP contribution is 2.28. The maximum Gasteiger partial charge on any atom is 0.187 e. The van der Waals surface area contributed by atoms with Gasteiger partial charge in [-0.25, -0.2) is 0 Å². The predicted octanol–water partition coefficient (Wildman–Crippen LogP) is 5.07. The molecule has 0 N–H and O–H groups in total. The molecule has 0 saturated heterocycles. The Bertz CT molecular complexity index is 455. The van der Waals surface area contributed by atoms with Crippen molar-refractivity contribution in [1.29, 1.82) is 0 Å². The quantitative estimate of drug-likeness (QED) is 0.541. The minimum absolute atomic E-state index is 0.0330. The SMILES string of the molecule is O=C(C=C1CCCCC1)c1cccc(Cl)c1Cl. The summed E-state index contributed by atoms with van der Waals surface area (Å²) >= 11 is 11.9. The number of allylic oxidation sites excluding steroid dienone is 2. The Labute approximate surface area is 111 Å². The van der Waals surface area contributed by atoms with Gasteiger partial charge in [0, 0.05) is 5.56 Å². The lowest BCUT2D eigenvalue weighted by atomic mass is 9.93. The number of halogens is 2. The summed E-state index contributed by atoms with van der Waals surface area (Å²) in [5.41, 5.74) is 1.73. The van der Waals surface area contributed by atoms with Crippen LogP contribution >= 0.6 is 23.2 Å². The third-order valence-electron chi connectivity index (χ3n) is 3.05. The highest BCUT2D eigenvalue weighted by Gasteiger charge is 2.12. The predicted molar refractivity (Wildman–Crippen MR) is 72.0 cm³/mol. The Hall–Kier alpha value is -0.790. The summed E-state index contributed by atoms with van der Waals surface area (Å²) in [5.74, 6) is -0.0330. The molecule has 0 amide bonds. The van der Waals surface area contributed by atoms with Crippen LogP contribution in [-0.2, 0) is 0 Å². The number of rotatable bonds is 2. The zero-order valence-corrected chi connectivity index (χ0v) is 11.0. The van der Waals surface area contributed by atoms with Gasteiger partial charge < -0.3 is 0 Å². The molecule has 0 atom stereocenters. The van der Waals surface area contributed by atoms with Crippen LogP contribution in [0.25, 0.3) is 0 Å². The molecule has 0 radical (unpaired) electrons. The summed E-state index contributed by atoms with van der Waals surface area (Å²) in [4.78, 5) is 12.1. The Kier molecular flexibility index (Phi) is 4.25. The Balaban J connectivity index is 2.22. The summed E-state index contributed by atoms with van der Waals surface area (Å²) < 4.78 is 0. The number of carbonyl (C=O) groups is 1. The zero-order chi connectivity index (χ0) is 12.3. The van der Waals surface area contributed by atoms with E-state index in [9.17, 15) is 4.79 Å². The van der Waals surface area contributed by atoms with Crippen LogP contribution in [-0.4, -0.2) is 5.78 Å². The molecule has 0 heterocycles. The Morgan fingerprint density at radius 1 is 1.12 bits per heavy atom. The zero-order valence-electron chi connectivity index (χ0n) is 9.51. The van der Waals surface area contributed by atoms with Gasteiger partial charge in [-0.3, -0.25) is 4.79 Å². The molecule has 17 heavy (non-hydrogen) atoms. The Morgan fingerprint density at radius 3 is 2.53 bits per heavy atom. The fourth-order valence-electron chi connectivity index (χ4n) is 2.11. The Morgan fingerprint density at radius 2 is 1.82 bits per heavy atom. The molecule has 1 fully saturated rings. The van der Waals surface area contributed by atoms with Crippen molar-refractivity contribution in [2.45, 2.75) is 32.1 Å². The lowest BCUT2D eigenvalue weighted by Gasteiger charge is -2.13. The number of carbonyl (C=O) groups excluding carboxylic acids is 1. The van der Waals surface area contributed by atoms with Crippen molar-refractivity contribution in [3.63, 3.8) is 0 Å². The molecule has 1 aromatic rings. The van der Waals surface area contributed by atoms with Gasteiger partial charge in [0.1, 0.15) is 0 Å². The van der Waals surface area contributed by atoms with E-state index in [0.717, 1.165) is 12.8 Å². The average Bonchev–Trinajstić information content (AvgIpc) is 2.34. The van der Waals surface area contributed by atoms with Crippen molar-refractivity contribution < 1.29 is 4.79 Å². The summed E-state index contributed by atoms with van der Waals surface area (Å²) in [6.45, 7) is 0. The first kappa shape index (κ1) is 12.7. The molecule has 0 aliphatic heterocycles. The van der Waals surface area contributed by atoms with Crippen molar-refractivity contribution in [3.05, 3.63) is 45.5 Å². The molecule has 0 spiro atoms. The molecule has 1 nitrogen and oxygen atoms in total. The lowest BCUT2D eigenvalue weighted by molar-refractivity contribution is 0.104. The highest BCUT2D eigenvalue weighted by molar-refractivity contribution is 6.44. The van der Waals surface area contributed by atoms with E-state index in [4.69, 9.17) is 23.2 Å². The number of benzene rings is 1. The lowest BCUT2D eigenvalue weighted by Crippen LogP contribution is -2.01. The van der Waals surface area contributed by atoms with E-state index < -0.39 is 0 Å². The van der Waals surface area contributed by atoms with Crippen LogP contribution in [0.3, 0.4) is 0 Å². The summed E-state index contributed by atoms with van der Waals surface area (Å²) in [6.07, 6.45) is 7.43. The van der Waals surface area contributed by atoms with E-state index in [-0.39, 0.29) is 5.78 Å². The van der Waals surface area contributed by atoms with Gasteiger partial charge in [0.15, 0.2) is 5.78 Å². The van der Waals surface area contributed by atoms with Gasteiger partial charge >= 0.3 is 0 Å². The second-order valence-corrected chi connectivity index (χ2v) is 5.11. The van der Waals surface area contributed by atoms with Crippen LogP contribution in [0.1, 0.15) is 42.5 Å². The first-order chi connectivity index (χ1) is 8.18. The van der Waals surface area contributed by atoms with Gasteiger partial charge in [0.25, 0.3) is 0 Å². The van der Waals surface area contributed by atoms with Crippen molar-refractivity contribution in [2.24, 2.45) is 0 Å². The van der Waals surface area contributed by atoms with Crippen LogP contribution in [0.5, 0.6) is 0 Å². The van der Waals surface area contributed by atoms with E-state index in [2.05, 4.69) is 0 Å². The van der Waals surface area contributed by atoms with Crippen LogP contribution in [0.15, 0.2) is 29.8 Å². The first-order valence-corrected chi connectivity index (χ1v) is 6.62. The summed E-state index contributed by atoms with van der Waals surface area (Å²) in [7, 11) is 0. The number of ketones is 1. The van der Waals surface area contributed by atoms with Gasteiger partial charge in [0.2, 0.25) is 0 Å². The van der Waals surface area contributed by atoms with Gasteiger partial charge in [-0.15, -0.1) is 0 Å². The first-order valence-electron chi connectivity index (χ1n) is 5.86. The molecule has 0 bridgehead atoms. The normalized spacial score (nSPS) is 15.8. The van der Waals surface area contributed by atoms with Gasteiger partial charge in [-0.2, -0.15) is 0 Å². The minimum Gasteiger partial charge on any atom is -0.289 e. The standard InChI is InChI=1S/C14H14Cl2O/c15-12-8-4-7-11(14(12)16)13(17)9-10-5-2-1-3-6-10/h4,7-9H,1-3,5-6H2. The van der Waals surface area contributed by atoms with Crippen LogP contribution in [0, 0.1) is 0 Å². The van der Waals surface area contributed by atoms with Crippen molar-refractivity contribution in [2.75, 3.05) is 0 Å². The summed E-state index contributed by atoms with van der Waals surface area (Å²) in [5, 5.41) is 0.784. The average molecular weight is 269 g/mol. The van der Waals surface area contributed by atoms with E-state index in [1.807, 2.05) is 0 Å². The number of hydrogen-bond donors (Lipinski definition) is 0. The van der Waals surface area contributed by atoms with Crippen molar-refractivity contribution in [1.82, 2.24) is 0 Å². The molecule has 0 unspecified atom stereocenters. The second kappa shape index (κ2) is 5.70. The van der Waals surface area contributed by atoms with Crippen molar-refractivity contribution in [3.8, 4) is 0 Å². The molecule has 90 valence electrons. The van der Waals surface area contributed by atoms with Crippen LogP contribution < -0.4 is 0 Å². The molecular formula is C14H14Cl2O. The molecule has 1 aliphatic carbocycles. The summed E-state index contributed by atoms with van der Waals surface area (Å²) in [6, 6.07) is 5.16. The maximum atomic E-state index is 12.1. The smallest absolute Gasteiger partial charge is 0.187 e. The van der Waals surface area contributed by atoms with Crippen molar-refractivity contribution >= 4 is 29.0 Å². The molecule has 3 heteroatoms.